The Bertz CT molecular complexity index is 636. The predicted octanol–water partition coefficient (Wildman–Crippen LogP) is 1.61. The average Bonchev–Trinajstić information content (AvgIpc) is 3.29. The summed E-state index contributed by atoms with van der Waals surface area (Å²) in [6, 6.07) is 7.93. The van der Waals surface area contributed by atoms with Crippen molar-refractivity contribution in [2.45, 2.75) is 25.8 Å². The van der Waals surface area contributed by atoms with Gasteiger partial charge in [-0.2, -0.15) is 4.31 Å². The van der Waals surface area contributed by atoms with Crippen LogP contribution in [0.1, 0.15) is 24.0 Å². The highest BCUT2D eigenvalue weighted by molar-refractivity contribution is 7.89. The maximum Gasteiger partial charge on any atom is 0.219 e. The minimum Gasteiger partial charge on any atom is -0.411 e. The molecule has 1 N–H and O–H groups in total. The fourth-order valence-electron chi connectivity index (χ4n) is 2.63. The van der Waals surface area contributed by atoms with Gasteiger partial charge < -0.3 is 5.21 Å². The summed E-state index contributed by atoms with van der Waals surface area (Å²) in [6.45, 7) is 0.921. The van der Waals surface area contributed by atoms with Gasteiger partial charge in [-0.25, -0.2) is 8.42 Å². The third kappa shape index (κ3) is 2.71. The van der Waals surface area contributed by atoms with E-state index in [0.29, 0.717) is 18.8 Å². The molecule has 2 aliphatic rings. The summed E-state index contributed by atoms with van der Waals surface area (Å²) in [5.41, 5.74) is 2.69. The van der Waals surface area contributed by atoms with Gasteiger partial charge in [0.05, 0.1) is 5.71 Å². The fourth-order valence-corrected chi connectivity index (χ4v) is 4.19. The summed E-state index contributed by atoms with van der Waals surface area (Å²) in [5, 5.41) is 12.1. The SMILES string of the molecule is O=S(=O)(C/C(=N/O)C1CC1)N1CCc2ccccc2C1. The quantitative estimate of drug-likeness (QED) is 0.521. The molecule has 1 aromatic rings. The van der Waals surface area contributed by atoms with Crippen LogP contribution in [0.2, 0.25) is 0 Å². The summed E-state index contributed by atoms with van der Waals surface area (Å²) in [6.07, 6.45) is 2.60. The van der Waals surface area contributed by atoms with Crippen molar-refractivity contribution in [2.24, 2.45) is 11.1 Å². The van der Waals surface area contributed by atoms with Crippen molar-refractivity contribution in [3.05, 3.63) is 35.4 Å². The molecule has 0 amide bonds. The molecule has 20 heavy (non-hydrogen) atoms. The molecule has 3 rings (SSSR count). The number of hydrogen-bond donors (Lipinski definition) is 1. The molecule has 1 aliphatic heterocycles. The molecule has 108 valence electrons. The molecular formula is C14H18N2O3S. The number of hydrogen-bond acceptors (Lipinski definition) is 4. The van der Waals surface area contributed by atoms with E-state index >= 15 is 0 Å². The van der Waals surface area contributed by atoms with Crippen LogP contribution in [0.25, 0.3) is 0 Å². The molecule has 1 aromatic carbocycles. The Kier molecular flexibility index (Phi) is 3.52. The van der Waals surface area contributed by atoms with Crippen LogP contribution in [0.15, 0.2) is 29.4 Å². The van der Waals surface area contributed by atoms with Gasteiger partial charge in [-0.1, -0.05) is 29.4 Å². The molecule has 1 fully saturated rings. The van der Waals surface area contributed by atoms with Gasteiger partial charge in [-0.05, 0) is 30.4 Å². The van der Waals surface area contributed by atoms with Crippen LogP contribution in [0, 0.1) is 5.92 Å². The third-order valence-electron chi connectivity index (χ3n) is 4.00. The second-order valence-electron chi connectivity index (χ2n) is 5.47. The Labute approximate surface area is 119 Å². The lowest BCUT2D eigenvalue weighted by Gasteiger charge is -2.28. The van der Waals surface area contributed by atoms with Gasteiger partial charge in [0.1, 0.15) is 5.75 Å². The minimum absolute atomic E-state index is 0.156. The largest absolute Gasteiger partial charge is 0.411 e. The molecule has 5 nitrogen and oxygen atoms in total. The van der Waals surface area contributed by atoms with E-state index < -0.39 is 10.0 Å². The van der Waals surface area contributed by atoms with Crippen molar-refractivity contribution < 1.29 is 13.6 Å². The van der Waals surface area contributed by atoms with Crippen LogP contribution in [-0.2, 0) is 23.0 Å². The Morgan fingerprint density at radius 1 is 1.30 bits per heavy atom. The zero-order valence-electron chi connectivity index (χ0n) is 11.2. The van der Waals surface area contributed by atoms with Crippen LogP contribution in [0.5, 0.6) is 0 Å². The highest BCUT2D eigenvalue weighted by Crippen LogP contribution is 2.31. The molecule has 0 aromatic heterocycles. The molecule has 0 atom stereocenters. The average molecular weight is 294 g/mol. The van der Waals surface area contributed by atoms with E-state index in [1.54, 1.807) is 0 Å². The maximum atomic E-state index is 12.4. The standard InChI is InChI=1S/C14H18N2O3S/c17-15-14(12-5-6-12)10-20(18,19)16-8-7-11-3-1-2-4-13(11)9-16/h1-4,12,17H,5-10H2/b15-14-. The first kappa shape index (κ1) is 13.6. The van der Waals surface area contributed by atoms with Crippen molar-refractivity contribution in [1.29, 1.82) is 0 Å². The van der Waals surface area contributed by atoms with E-state index in [1.165, 1.54) is 9.87 Å². The van der Waals surface area contributed by atoms with Crippen molar-refractivity contribution in [3.63, 3.8) is 0 Å². The Morgan fingerprint density at radius 2 is 2.00 bits per heavy atom. The van der Waals surface area contributed by atoms with Crippen LogP contribution < -0.4 is 0 Å². The zero-order valence-corrected chi connectivity index (χ0v) is 12.0. The number of oxime groups is 1. The third-order valence-corrected chi connectivity index (χ3v) is 5.76. The first-order chi connectivity index (χ1) is 9.60. The molecule has 1 aliphatic carbocycles. The van der Waals surface area contributed by atoms with E-state index in [2.05, 4.69) is 5.16 Å². The summed E-state index contributed by atoms with van der Waals surface area (Å²) in [4.78, 5) is 0. The van der Waals surface area contributed by atoms with Gasteiger partial charge in [-0.15, -0.1) is 0 Å². The van der Waals surface area contributed by atoms with Crippen LogP contribution in [0.4, 0.5) is 0 Å². The van der Waals surface area contributed by atoms with E-state index in [4.69, 9.17) is 5.21 Å². The van der Waals surface area contributed by atoms with Crippen LogP contribution in [-0.4, -0.2) is 35.9 Å². The summed E-state index contributed by atoms with van der Waals surface area (Å²) >= 11 is 0. The van der Waals surface area contributed by atoms with Crippen molar-refractivity contribution in [1.82, 2.24) is 4.31 Å². The molecular weight excluding hydrogens is 276 g/mol. The second-order valence-corrected chi connectivity index (χ2v) is 7.44. The molecule has 1 heterocycles. The lowest BCUT2D eigenvalue weighted by molar-refractivity contribution is 0.316. The van der Waals surface area contributed by atoms with E-state index in [9.17, 15) is 8.42 Å². The van der Waals surface area contributed by atoms with E-state index in [0.717, 1.165) is 24.8 Å². The number of sulfonamides is 1. The van der Waals surface area contributed by atoms with Crippen LogP contribution >= 0.6 is 0 Å². The molecule has 0 bridgehead atoms. The minimum atomic E-state index is -3.40. The lowest BCUT2D eigenvalue weighted by Crippen LogP contribution is -2.39. The molecule has 0 radical (unpaired) electrons. The first-order valence-electron chi connectivity index (χ1n) is 6.85. The Hall–Kier alpha value is -1.40. The molecule has 1 saturated carbocycles. The summed E-state index contributed by atoms with van der Waals surface area (Å²) in [7, 11) is -3.40. The van der Waals surface area contributed by atoms with Gasteiger partial charge >= 0.3 is 0 Å². The first-order valence-corrected chi connectivity index (χ1v) is 8.46. The highest BCUT2D eigenvalue weighted by Gasteiger charge is 2.34. The monoisotopic (exact) mass is 294 g/mol. The molecule has 0 saturated heterocycles. The second kappa shape index (κ2) is 5.18. The molecule has 0 spiro atoms. The normalized spacial score (nSPS) is 20.7. The fraction of sp³-hybridized carbons (Fsp3) is 0.500. The Morgan fingerprint density at radius 3 is 2.65 bits per heavy atom. The van der Waals surface area contributed by atoms with Gasteiger partial charge in [0.2, 0.25) is 10.0 Å². The van der Waals surface area contributed by atoms with Gasteiger partial charge in [0.25, 0.3) is 0 Å². The maximum absolute atomic E-state index is 12.4. The number of rotatable bonds is 4. The zero-order chi connectivity index (χ0) is 14.2. The number of fused-ring (bicyclic) bond motifs is 1. The van der Waals surface area contributed by atoms with E-state index in [-0.39, 0.29) is 11.7 Å². The smallest absolute Gasteiger partial charge is 0.219 e. The number of benzene rings is 1. The van der Waals surface area contributed by atoms with Crippen molar-refractivity contribution >= 4 is 15.7 Å². The summed E-state index contributed by atoms with van der Waals surface area (Å²) in [5.74, 6) is 0.00271. The number of nitrogens with zero attached hydrogens (tertiary/aromatic N) is 2. The molecule has 6 heteroatoms. The van der Waals surface area contributed by atoms with E-state index in [1.807, 2.05) is 24.3 Å². The van der Waals surface area contributed by atoms with Gasteiger partial charge in [-0.3, -0.25) is 0 Å². The van der Waals surface area contributed by atoms with Crippen molar-refractivity contribution in [2.75, 3.05) is 12.3 Å². The van der Waals surface area contributed by atoms with Gasteiger partial charge in [0, 0.05) is 19.0 Å². The topological polar surface area (TPSA) is 70.0 Å². The highest BCUT2D eigenvalue weighted by atomic mass is 32.2. The molecule has 0 unspecified atom stereocenters. The van der Waals surface area contributed by atoms with Crippen molar-refractivity contribution in [3.8, 4) is 0 Å². The lowest BCUT2D eigenvalue weighted by atomic mass is 10.0. The van der Waals surface area contributed by atoms with Gasteiger partial charge in [0.15, 0.2) is 0 Å². The Balaban J connectivity index is 1.76. The summed E-state index contributed by atoms with van der Waals surface area (Å²) < 4.78 is 26.4. The van der Waals surface area contributed by atoms with Crippen LogP contribution in [0.3, 0.4) is 0 Å². The predicted molar refractivity (Wildman–Crippen MR) is 76.3 cm³/mol.